The maximum Gasteiger partial charge on any atom is 0.220 e. The first-order chi connectivity index (χ1) is 9.65. The minimum atomic E-state index is -0.0224. The fourth-order valence-electron chi connectivity index (χ4n) is 1.89. The van der Waals surface area contributed by atoms with Gasteiger partial charge in [-0.15, -0.1) is 0 Å². The molecule has 1 heterocycles. The van der Waals surface area contributed by atoms with Gasteiger partial charge >= 0.3 is 0 Å². The Morgan fingerprint density at radius 3 is 2.40 bits per heavy atom. The summed E-state index contributed by atoms with van der Waals surface area (Å²) < 4.78 is 6.00. The first-order valence-electron chi connectivity index (χ1n) is 6.59. The van der Waals surface area contributed by atoms with Gasteiger partial charge in [0.25, 0.3) is 0 Å². The summed E-state index contributed by atoms with van der Waals surface area (Å²) in [6.45, 7) is 0.940. The predicted octanol–water partition coefficient (Wildman–Crippen LogP) is 2.13. The SMILES string of the molecule is CN(C)CCC(Oc1cnc(N)nc1)c1ccccc1. The number of rotatable bonds is 6. The van der Waals surface area contributed by atoms with Gasteiger partial charge in [-0.2, -0.15) is 0 Å². The van der Waals surface area contributed by atoms with Crippen molar-refractivity contribution in [3.8, 4) is 5.75 Å². The molecule has 20 heavy (non-hydrogen) atoms. The zero-order valence-electron chi connectivity index (χ0n) is 11.9. The van der Waals surface area contributed by atoms with Crippen molar-refractivity contribution in [1.82, 2.24) is 14.9 Å². The molecule has 0 saturated heterocycles. The van der Waals surface area contributed by atoms with E-state index in [1.54, 1.807) is 12.4 Å². The Hall–Kier alpha value is -2.14. The second-order valence-electron chi connectivity index (χ2n) is 4.89. The smallest absolute Gasteiger partial charge is 0.220 e. The molecular formula is C15H20N4O. The van der Waals surface area contributed by atoms with Gasteiger partial charge in [0.05, 0.1) is 12.4 Å². The Bertz CT molecular complexity index is 513. The number of aromatic nitrogens is 2. The molecule has 1 atom stereocenters. The summed E-state index contributed by atoms with van der Waals surface area (Å²) in [4.78, 5) is 10.0. The molecule has 1 unspecified atom stereocenters. The predicted molar refractivity (Wildman–Crippen MR) is 79.4 cm³/mol. The molecule has 0 saturated carbocycles. The van der Waals surface area contributed by atoms with Crippen LogP contribution >= 0.6 is 0 Å². The highest BCUT2D eigenvalue weighted by Gasteiger charge is 2.14. The van der Waals surface area contributed by atoms with Gasteiger partial charge in [-0.1, -0.05) is 30.3 Å². The van der Waals surface area contributed by atoms with Crippen LogP contribution in [0.3, 0.4) is 0 Å². The van der Waals surface area contributed by atoms with Crippen LogP contribution in [0.15, 0.2) is 42.7 Å². The summed E-state index contributed by atoms with van der Waals surface area (Å²) in [6, 6.07) is 10.2. The summed E-state index contributed by atoms with van der Waals surface area (Å²) in [6.07, 6.45) is 4.08. The van der Waals surface area contributed by atoms with Crippen molar-refractivity contribution < 1.29 is 4.74 Å². The quantitative estimate of drug-likeness (QED) is 0.872. The third kappa shape index (κ3) is 4.20. The molecule has 2 N–H and O–H groups in total. The largest absolute Gasteiger partial charge is 0.482 e. The molecule has 2 rings (SSSR count). The van der Waals surface area contributed by atoms with Crippen molar-refractivity contribution in [2.24, 2.45) is 0 Å². The zero-order valence-corrected chi connectivity index (χ0v) is 11.9. The van der Waals surface area contributed by atoms with E-state index in [0.29, 0.717) is 5.75 Å². The van der Waals surface area contributed by atoms with Crippen LogP contribution in [0.1, 0.15) is 18.1 Å². The monoisotopic (exact) mass is 272 g/mol. The molecule has 0 radical (unpaired) electrons. The molecule has 0 bridgehead atoms. The lowest BCUT2D eigenvalue weighted by Crippen LogP contribution is -2.19. The topological polar surface area (TPSA) is 64.3 Å². The molecule has 2 aromatic rings. The Morgan fingerprint density at radius 1 is 1.15 bits per heavy atom. The van der Waals surface area contributed by atoms with Crippen LogP contribution in [0.2, 0.25) is 0 Å². The molecule has 0 aliphatic heterocycles. The first kappa shape index (κ1) is 14.3. The molecule has 0 aliphatic rings. The summed E-state index contributed by atoms with van der Waals surface area (Å²) in [5, 5.41) is 0. The minimum Gasteiger partial charge on any atom is -0.482 e. The van der Waals surface area contributed by atoms with E-state index in [2.05, 4.69) is 27.0 Å². The summed E-state index contributed by atoms with van der Waals surface area (Å²) in [7, 11) is 4.10. The number of anilines is 1. The number of hydrogen-bond donors (Lipinski definition) is 1. The van der Waals surface area contributed by atoms with E-state index in [1.807, 2.05) is 32.3 Å². The molecule has 0 spiro atoms. The van der Waals surface area contributed by atoms with E-state index in [1.165, 1.54) is 0 Å². The Balaban J connectivity index is 2.12. The van der Waals surface area contributed by atoms with Gasteiger partial charge in [-0.3, -0.25) is 0 Å². The number of nitrogens with two attached hydrogens (primary N) is 1. The number of benzene rings is 1. The van der Waals surface area contributed by atoms with Crippen molar-refractivity contribution in [2.45, 2.75) is 12.5 Å². The Labute approximate surface area is 119 Å². The van der Waals surface area contributed by atoms with Crippen LogP contribution in [0.4, 0.5) is 5.95 Å². The lowest BCUT2D eigenvalue weighted by molar-refractivity contribution is 0.178. The standard InChI is InChI=1S/C15H20N4O/c1-19(2)9-8-14(12-6-4-3-5-7-12)20-13-10-17-15(16)18-11-13/h3-7,10-11,14H,8-9H2,1-2H3,(H2,16,17,18). The molecular weight excluding hydrogens is 252 g/mol. The van der Waals surface area contributed by atoms with E-state index in [-0.39, 0.29) is 12.1 Å². The van der Waals surface area contributed by atoms with Crippen LogP contribution < -0.4 is 10.5 Å². The van der Waals surface area contributed by atoms with E-state index in [0.717, 1.165) is 18.5 Å². The van der Waals surface area contributed by atoms with Crippen molar-refractivity contribution in [3.05, 3.63) is 48.3 Å². The molecule has 0 fully saturated rings. The van der Waals surface area contributed by atoms with Gasteiger partial charge in [0.15, 0.2) is 5.75 Å². The van der Waals surface area contributed by atoms with Crippen molar-refractivity contribution in [1.29, 1.82) is 0 Å². The highest BCUT2D eigenvalue weighted by molar-refractivity contribution is 5.24. The number of ether oxygens (including phenoxy) is 1. The van der Waals surface area contributed by atoms with E-state index in [4.69, 9.17) is 10.5 Å². The van der Waals surface area contributed by atoms with Gasteiger partial charge in [-0.25, -0.2) is 9.97 Å². The second kappa shape index (κ2) is 6.86. The number of hydrogen-bond acceptors (Lipinski definition) is 5. The minimum absolute atomic E-state index is 0.0224. The van der Waals surface area contributed by atoms with Crippen molar-refractivity contribution >= 4 is 5.95 Å². The average Bonchev–Trinajstić information content (AvgIpc) is 2.46. The van der Waals surface area contributed by atoms with E-state index in [9.17, 15) is 0 Å². The van der Waals surface area contributed by atoms with Crippen LogP contribution in [-0.4, -0.2) is 35.5 Å². The average molecular weight is 272 g/mol. The molecule has 0 amide bonds. The molecule has 1 aromatic heterocycles. The van der Waals surface area contributed by atoms with Crippen LogP contribution in [-0.2, 0) is 0 Å². The lowest BCUT2D eigenvalue weighted by atomic mass is 10.1. The maximum atomic E-state index is 6.00. The third-order valence-corrected chi connectivity index (χ3v) is 2.94. The first-order valence-corrected chi connectivity index (χ1v) is 6.59. The number of nitrogen functional groups attached to an aromatic ring is 1. The Morgan fingerprint density at radius 2 is 1.80 bits per heavy atom. The fourth-order valence-corrected chi connectivity index (χ4v) is 1.89. The van der Waals surface area contributed by atoms with Gasteiger partial charge in [0.2, 0.25) is 5.95 Å². The summed E-state index contributed by atoms with van der Waals surface area (Å²) in [5.74, 6) is 0.883. The molecule has 1 aromatic carbocycles. The second-order valence-corrected chi connectivity index (χ2v) is 4.89. The van der Waals surface area contributed by atoms with Crippen molar-refractivity contribution in [2.75, 3.05) is 26.4 Å². The van der Waals surface area contributed by atoms with E-state index >= 15 is 0 Å². The third-order valence-electron chi connectivity index (χ3n) is 2.94. The highest BCUT2D eigenvalue weighted by atomic mass is 16.5. The van der Waals surface area contributed by atoms with E-state index < -0.39 is 0 Å². The van der Waals surface area contributed by atoms with Gasteiger partial charge in [0, 0.05) is 13.0 Å². The van der Waals surface area contributed by atoms with Crippen molar-refractivity contribution in [3.63, 3.8) is 0 Å². The Kier molecular flexibility index (Phi) is 4.90. The molecule has 0 aliphatic carbocycles. The normalized spacial score (nSPS) is 12.3. The lowest BCUT2D eigenvalue weighted by Gasteiger charge is -2.21. The molecule has 5 heteroatoms. The van der Waals surface area contributed by atoms with Gasteiger partial charge in [0.1, 0.15) is 6.10 Å². The van der Waals surface area contributed by atoms with Crippen LogP contribution in [0, 0.1) is 0 Å². The zero-order chi connectivity index (χ0) is 14.4. The molecule has 106 valence electrons. The highest BCUT2D eigenvalue weighted by Crippen LogP contribution is 2.24. The summed E-state index contributed by atoms with van der Waals surface area (Å²) in [5.41, 5.74) is 6.63. The molecule has 5 nitrogen and oxygen atoms in total. The van der Waals surface area contributed by atoms with Crippen LogP contribution in [0.25, 0.3) is 0 Å². The van der Waals surface area contributed by atoms with Gasteiger partial charge in [-0.05, 0) is 19.7 Å². The van der Waals surface area contributed by atoms with Gasteiger partial charge < -0.3 is 15.4 Å². The maximum absolute atomic E-state index is 6.00. The fraction of sp³-hybridized carbons (Fsp3) is 0.333. The summed E-state index contributed by atoms with van der Waals surface area (Å²) >= 11 is 0. The van der Waals surface area contributed by atoms with Crippen LogP contribution in [0.5, 0.6) is 5.75 Å². The number of nitrogens with zero attached hydrogens (tertiary/aromatic N) is 3.